The maximum absolute atomic E-state index is 11.3. The summed E-state index contributed by atoms with van der Waals surface area (Å²) in [6.07, 6.45) is 3.42. The van der Waals surface area contributed by atoms with E-state index in [2.05, 4.69) is 11.3 Å². The number of amides is 1. The highest BCUT2D eigenvalue weighted by atomic mass is 16.5. The lowest BCUT2D eigenvalue weighted by atomic mass is 10.3. The van der Waals surface area contributed by atoms with Gasteiger partial charge in [-0.3, -0.25) is 4.79 Å². The van der Waals surface area contributed by atoms with Gasteiger partial charge in [0, 0.05) is 13.6 Å². The second-order valence-electron chi connectivity index (χ2n) is 2.88. The largest absolute Gasteiger partial charge is 0.459 e. The third-order valence-electron chi connectivity index (χ3n) is 1.70. The molecule has 0 aromatic heterocycles. The van der Waals surface area contributed by atoms with Crippen molar-refractivity contribution in [3.8, 4) is 0 Å². The Morgan fingerprint density at radius 1 is 1.50 bits per heavy atom. The van der Waals surface area contributed by atoms with E-state index in [1.807, 2.05) is 0 Å². The van der Waals surface area contributed by atoms with Crippen LogP contribution in [-0.4, -0.2) is 37.0 Å². The zero-order chi connectivity index (χ0) is 11.0. The molecule has 0 unspecified atom stereocenters. The minimum absolute atomic E-state index is 0.227. The first kappa shape index (κ1) is 12.7. The molecule has 0 aliphatic carbocycles. The molecule has 4 heteroatoms. The molecule has 0 heterocycles. The van der Waals surface area contributed by atoms with Crippen molar-refractivity contribution in [2.24, 2.45) is 0 Å². The Morgan fingerprint density at radius 2 is 2.14 bits per heavy atom. The van der Waals surface area contributed by atoms with Gasteiger partial charge < -0.3 is 9.64 Å². The molecule has 0 bridgehead atoms. The molecule has 0 aromatic rings. The molecule has 0 fully saturated rings. The number of nitrogens with zero attached hydrogens (tertiary/aromatic N) is 1. The number of likely N-dealkylation sites (N-methyl/N-ethyl adjacent to an activating group) is 1. The minimum atomic E-state index is -0.784. The van der Waals surface area contributed by atoms with Crippen molar-refractivity contribution >= 4 is 11.9 Å². The zero-order valence-corrected chi connectivity index (χ0v) is 8.78. The van der Waals surface area contributed by atoms with Gasteiger partial charge in [0.05, 0.1) is 6.61 Å². The van der Waals surface area contributed by atoms with Crippen LogP contribution in [0.4, 0.5) is 0 Å². The second-order valence-corrected chi connectivity index (χ2v) is 2.88. The van der Waals surface area contributed by atoms with Crippen LogP contribution >= 0.6 is 0 Å². The molecule has 0 saturated heterocycles. The molecular formula is C10H17NO3. The van der Waals surface area contributed by atoms with Crippen LogP contribution in [0.5, 0.6) is 0 Å². The molecule has 80 valence electrons. The molecule has 0 aromatic carbocycles. The van der Waals surface area contributed by atoms with Gasteiger partial charge in [-0.15, -0.1) is 6.58 Å². The molecule has 0 rings (SSSR count). The van der Waals surface area contributed by atoms with Crippen LogP contribution in [0.1, 0.15) is 19.8 Å². The topological polar surface area (TPSA) is 46.6 Å². The highest BCUT2D eigenvalue weighted by Gasteiger charge is 2.18. The molecule has 4 nitrogen and oxygen atoms in total. The first-order valence-electron chi connectivity index (χ1n) is 4.66. The predicted octanol–water partition coefficient (Wildman–Crippen LogP) is 0.974. The predicted molar refractivity (Wildman–Crippen MR) is 53.7 cm³/mol. The van der Waals surface area contributed by atoms with Crippen LogP contribution in [0.15, 0.2) is 12.7 Å². The smallest absolute Gasteiger partial charge is 0.396 e. The minimum Gasteiger partial charge on any atom is -0.459 e. The first-order valence-corrected chi connectivity index (χ1v) is 4.66. The van der Waals surface area contributed by atoms with Crippen molar-refractivity contribution in [2.45, 2.75) is 19.8 Å². The SMILES string of the molecule is C=CCCCN(C)C(=O)C(=O)OCC. The van der Waals surface area contributed by atoms with E-state index in [1.165, 1.54) is 4.90 Å². The van der Waals surface area contributed by atoms with Crippen LogP contribution in [0.2, 0.25) is 0 Å². The lowest BCUT2D eigenvalue weighted by Gasteiger charge is -2.14. The Morgan fingerprint density at radius 3 is 2.64 bits per heavy atom. The summed E-state index contributed by atoms with van der Waals surface area (Å²) >= 11 is 0. The second kappa shape index (κ2) is 7.12. The number of hydrogen-bond donors (Lipinski definition) is 0. The molecule has 0 saturated carbocycles. The molecule has 14 heavy (non-hydrogen) atoms. The summed E-state index contributed by atoms with van der Waals surface area (Å²) in [5.41, 5.74) is 0. The van der Waals surface area contributed by atoms with Gasteiger partial charge in [0.15, 0.2) is 0 Å². The van der Waals surface area contributed by atoms with Crippen molar-refractivity contribution in [1.29, 1.82) is 0 Å². The third kappa shape index (κ3) is 4.64. The fraction of sp³-hybridized carbons (Fsp3) is 0.600. The summed E-state index contributed by atoms with van der Waals surface area (Å²) in [5, 5.41) is 0. The molecular weight excluding hydrogens is 182 g/mol. The third-order valence-corrected chi connectivity index (χ3v) is 1.70. The standard InChI is InChI=1S/C10H17NO3/c1-4-6-7-8-11(3)9(12)10(13)14-5-2/h4H,1,5-8H2,2-3H3. The van der Waals surface area contributed by atoms with Gasteiger partial charge in [-0.05, 0) is 19.8 Å². The number of carbonyl (C=O) groups is 2. The fourth-order valence-corrected chi connectivity index (χ4v) is 0.923. The van der Waals surface area contributed by atoms with Crippen molar-refractivity contribution in [3.63, 3.8) is 0 Å². The van der Waals surface area contributed by atoms with Crippen LogP contribution in [0.25, 0.3) is 0 Å². The summed E-state index contributed by atoms with van der Waals surface area (Å²) in [4.78, 5) is 23.6. The Hall–Kier alpha value is -1.32. The normalized spacial score (nSPS) is 9.29. The maximum atomic E-state index is 11.3. The lowest BCUT2D eigenvalue weighted by molar-refractivity contribution is -0.159. The number of ether oxygens (including phenoxy) is 1. The molecule has 0 spiro atoms. The zero-order valence-electron chi connectivity index (χ0n) is 8.78. The number of esters is 1. The van der Waals surface area contributed by atoms with Gasteiger partial charge in [0.25, 0.3) is 0 Å². The number of carbonyl (C=O) groups excluding carboxylic acids is 2. The fourth-order valence-electron chi connectivity index (χ4n) is 0.923. The van der Waals surface area contributed by atoms with E-state index in [0.29, 0.717) is 6.54 Å². The maximum Gasteiger partial charge on any atom is 0.396 e. The number of allylic oxidation sites excluding steroid dienone is 1. The van der Waals surface area contributed by atoms with Gasteiger partial charge in [0.1, 0.15) is 0 Å². The van der Waals surface area contributed by atoms with E-state index < -0.39 is 11.9 Å². The van der Waals surface area contributed by atoms with Crippen LogP contribution in [-0.2, 0) is 14.3 Å². The Labute approximate surface area is 84.5 Å². The van der Waals surface area contributed by atoms with Crippen molar-refractivity contribution in [2.75, 3.05) is 20.2 Å². The van der Waals surface area contributed by atoms with Gasteiger partial charge in [-0.2, -0.15) is 0 Å². The Balaban J connectivity index is 3.86. The van der Waals surface area contributed by atoms with E-state index in [0.717, 1.165) is 12.8 Å². The monoisotopic (exact) mass is 199 g/mol. The van der Waals surface area contributed by atoms with Crippen LogP contribution in [0.3, 0.4) is 0 Å². The van der Waals surface area contributed by atoms with E-state index in [9.17, 15) is 9.59 Å². The average Bonchev–Trinajstić information content (AvgIpc) is 2.17. The lowest BCUT2D eigenvalue weighted by Crippen LogP contribution is -2.35. The summed E-state index contributed by atoms with van der Waals surface area (Å²) < 4.78 is 4.58. The van der Waals surface area contributed by atoms with E-state index in [4.69, 9.17) is 0 Å². The molecule has 0 atom stereocenters. The van der Waals surface area contributed by atoms with Crippen LogP contribution in [0, 0.1) is 0 Å². The molecule has 0 N–H and O–H groups in total. The summed E-state index contributed by atoms with van der Waals surface area (Å²) in [6.45, 7) is 6.01. The summed E-state index contributed by atoms with van der Waals surface area (Å²) in [6, 6.07) is 0. The number of rotatable bonds is 5. The van der Waals surface area contributed by atoms with Gasteiger partial charge in [0.2, 0.25) is 0 Å². The van der Waals surface area contributed by atoms with E-state index in [-0.39, 0.29) is 6.61 Å². The average molecular weight is 199 g/mol. The highest BCUT2D eigenvalue weighted by molar-refractivity contribution is 6.32. The van der Waals surface area contributed by atoms with Gasteiger partial charge in [-0.1, -0.05) is 6.08 Å². The molecule has 1 amide bonds. The van der Waals surface area contributed by atoms with Crippen LogP contribution < -0.4 is 0 Å². The molecule has 0 aliphatic heterocycles. The summed E-state index contributed by atoms with van der Waals surface area (Å²) in [7, 11) is 1.59. The van der Waals surface area contributed by atoms with E-state index in [1.54, 1.807) is 20.0 Å². The first-order chi connectivity index (χ1) is 6.63. The van der Waals surface area contributed by atoms with Crippen molar-refractivity contribution < 1.29 is 14.3 Å². The van der Waals surface area contributed by atoms with Gasteiger partial charge in [-0.25, -0.2) is 4.79 Å². The number of unbranched alkanes of at least 4 members (excludes halogenated alkanes) is 1. The van der Waals surface area contributed by atoms with Gasteiger partial charge >= 0.3 is 11.9 Å². The summed E-state index contributed by atoms with van der Waals surface area (Å²) in [5.74, 6) is -1.37. The molecule has 0 radical (unpaired) electrons. The van der Waals surface area contributed by atoms with Crippen molar-refractivity contribution in [3.05, 3.63) is 12.7 Å². The number of hydrogen-bond acceptors (Lipinski definition) is 3. The Bertz CT molecular complexity index is 213. The van der Waals surface area contributed by atoms with E-state index >= 15 is 0 Å². The highest BCUT2D eigenvalue weighted by Crippen LogP contribution is 1.95. The van der Waals surface area contributed by atoms with Crippen molar-refractivity contribution in [1.82, 2.24) is 4.90 Å². The Kier molecular flexibility index (Phi) is 6.45. The quantitative estimate of drug-likeness (QED) is 0.287. The molecule has 0 aliphatic rings.